The molecule has 0 saturated heterocycles. The Balaban J connectivity index is 1.70. The minimum absolute atomic E-state index is 0.511. The van der Waals surface area contributed by atoms with Crippen LogP contribution in [0.1, 0.15) is 11.7 Å². The van der Waals surface area contributed by atoms with Crippen LogP contribution in [0.25, 0.3) is 11.5 Å². The van der Waals surface area contributed by atoms with E-state index in [4.69, 9.17) is 4.42 Å². The maximum atomic E-state index is 5.70. The van der Waals surface area contributed by atoms with Gasteiger partial charge in [-0.3, -0.25) is 0 Å². The van der Waals surface area contributed by atoms with Crippen molar-refractivity contribution in [2.45, 2.75) is 24.4 Å². The summed E-state index contributed by atoms with van der Waals surface area (Å²) in [6.45, 7) is 6.34. The number of aromatic nitrogens is 5. The Labute approximate surface area is 146 Å². The molecule has 0 saturated carbocycles. The summed E-state index contributed by atoms with van der Waals surface area (Å²) >= 11 is 4.91. The van der Waals surface area contributed by atoms with Crippen LogP contribution in [0.15, 0.2) is 51.0 Å². The second-order valence-corrected chi connectivity index (χ2v) is 6.58. The van der Waals surface area contributed by atoms with Crippen molar-refractivity contribution in [2.24, 2.45) is 0 Å². The summed E-state index contributed by atoms with van der Waals surface area (Å²) < 4.78 is 8.70. The van der Waals surface area contributed by atoms with Crippen LogP contribution in [0.5, 0.6) is 0 Å². The fourth-order valence-corrected chi connectivity index (χ4v) is 3.05. The standard InChI is InChI=1S/C15H14BrN5OS/c1-3-8-21-10(2)17-20-15(21)23-9-13-18-19-14(22-13)11-4-6-12(16)7-5-11/h3-7H,1,8-9H2,2H3. The van der Waals surface area contributed by atoms with Gasteiger partial charge in [0.1, 0.15) is 5.82 Å². The normalized spacial score (nSPS) is 10.9. The highest BCUT2D eigenvalue weighted by Gasteiger charge is 2.12. The van der Waals surface area contributed by atoms with Crippen molar-refractivity contribution in [3.05, 3.63) is 53.1 Å². The molecule has 118 valence electrons. The Kier molecular flexibility index (Phi) is 4.92. The number of nitrogens with zero attached hydrogens (tertiary/aromatic N) is 5. The number of hydrogen-bond donors (Lipinski definition) is 0. The summed E-state index contributed by atoms with van der Waals surface area (Å²) in [5.41, 5.74) is 0.891. The molecule has 0 fully saturated rings. The van der Waals surface area contributed by atoms with Crippen LogP contribution in [-0.4, -0.2) is 25.0 Å². The van der Waals surface area contributed by atoms with Gasteiger partial charge in [0, 0.05) is 16.6 Å². The lowest BCUT2D eigenvalue weighted by Crippen LogP contribution is -2.00. The van der Waals surface area contributed by atoms with Gasteiger partial charge in [0.2, 0.25) is 11.8 Å². The summed E-state index contributed by atoms with van der Waals surface area (Å²) in [6, 6.07) is 7.74. The Morgan fingerprint density at radius 1 is 1.22 bits per heavy atom. The summed E-state index contributed by atoms with van der Waals surface area (Å²) in [6.07, 6.45) is 1.82. The zero-order valence-electron chi connectivity index (χ0n) is 12.4. The largest absolute Gasteiger partial charge is 0.420 e. The van der Waals surface area contributed by atoms with Crippen molar-refractivity contribution in [1.82, 2.24) is 25.0 Å². The predicted molar refractivity (Wildman–Crippen MR) is 92.0 cm³/mol. The second kappa shape index (κ2) is 7.10. The molecule has 0 aliphatic carbocycles. The molecule has 0 atom stereocenters. The van der Waals surface area contributed by atoms with Crippen molar-refractivity contribution in [1.29, 1.82) is 0 Å². The highest BCUT2D eigenvalue weighted by molar-refractivity contribution is 9.10. The Morgan fingerprint density at radius 2 is 2.00 bits per heavy atom. The van der Waals surface area contributed by atoms with Crippen molar-refractivity contribution < 1.29 is 4.42 Å². The van der Waals surface area contributed by atoms with Gasteiger partial charge in [-0.05, 0) is 31.2 Å². The molecule has 6 nitrogen and oxygen atoms in total. The lowest BCUT2D eigenvalue weighted by molar-refractivity contribution is 0.528. The summed E-state index contributed by atoms with van der Waals surface area (Å²) in [4.78, 5) is 0. The maximum Gasteiger partial charge on any atom is 0.247 e. The number of halogens is 1. The summed E-state index contributed by atoms with van der Waals surface area (Å²) in [5.74, 6) is 2.46. The molecule has 0 aliphatic heterocycles. The van der Waals surface area contributed by atoms with Gasteiger partial charge in [-0.2, -0.15) is 0 Å². The quantitative estimate of drug-likeness (QED) is 0.469. The fourth-order valence-electron chi connectivity index (χ4n) is 1.95. The monoisotopic (exact) mass is 391 g/mol. The zero-order valence-corrected chi connectivity index (χ0v) is 14.8. The molecule has 0 amide bonds. The van der Waals surface area contributed by atoms with Crippen LogP contribution in [0.3, 0.4) is 0 Å². The molecule has 0 aliphatic rings. The van der Waals surface area contributed by atoms with Gasteiger partial charge >= 0.3 is 0 Å². The van der Waals surface area contributed by atoms with Gasteiger partial charge in [0.15, 0.2) is 5.16 Å². The van der Waals surface area contributed by atoms with Crippen molar-refractivity contribution in [3.63, 3.8) is 0 Å². The zero-order chi connectivity index (χ0) is 16.2. The molecule has 3 rings (SSSR count). The second-order valence-electron chi connectivity index (χ2n) is 4.73. The first kappa shape index (κ1) is 15.9. The number of benzene rings is 1. The third-order valence-electron chi connectivity index (χ3n) is 3.10. The number of thioether (sulfide) groups is 1. The first-order chi connectivity index (χ1) is 11.2. The SMILES string of the molecule is C=CCn1c(C)nnc1SCc1nnc(-c2ccc(Br)cc2)o1. The number of hydrogen-bond acceptors (Lipinski definition) is 6. The van der Waals surface area contributed by atoms with Crippen LogP contribution >= 0.6 is 27.7 Å². The van der Waals surface area contributed by atoms with Crippen molar-refractivity contribution in [3.8, 4) is 11.5 Å². The van der Waals surface area contributed by atoms with Gasteiger partial charge in [0.25, 0.3) is 0 Å². The number of allylic oxidation sites excluding steroid dienone is 1. The lowest BCUT2D eigenvalue weighted by Gasteiger charge is -2.03. The smallest absolute Gasteiger partial charge is 0.247 e. The molecule has 0 unspecified atom stereocenters. The highest BCUT2D eigenvalue weighted by atomic mass is 79.9. The van der Waals surface area contributed by atoms with Gasteiger partial charge in [-0.15, -0.1) is 27.0 Å². The molecular formula is C15H14BrN5OS. The van der Waals surface area contributed by atoms with Crippen LogP contribution in [0.4, 0.5) is 0 Å². The lowest BCUT2D eigenvalue weighted by atomic mass is 10.2. The van der Waals surface area contributed by atoms with Gasteiger partial charge < -0.3 is 8.98 Å². The average Bonchev–Trinajstić information content (AvgIpc) is 3.15. The Morgan fingerprint density at radius 3 is 2.74 bits per heavy atom. The van der Waals surface area contributed by atoms with E-state index in [-0.39, 0.29) is 0 Å². The third kappa shape index (κ3) is 3.70. The predicted octanol–water partition coefficient (Wildman–Crippen LogP) is 3.88. The van der Waals surface area contributed by atoms with E-state index in [0.29, 0.717) is 24.1 Å². The minimum Gasteiger partial charge on any atom is -0.420 e. The molecule has 8 heteroatoms. The molecule has 1 aromatic carbocycles. The first-order valence-electron chi connectivity index (χ1n) is 6.89. The minimum atomic E-state index is 0.511. The Hall–Kier alpha value is -1.93. The molecule has 3 aromatic rings. The van der Waals surface area contributed by atoms with Crippen LogP contribution < -0.4 is 0 Å². The van der Waals surface area contributed by atoms with Gasteiger partial charge in [-0.1, -0.05) is 33.8 Å². The number of aryl methyl sites for hydroxylation is 1. The summed E-state index contributed by atoms with van der Waals surface area (Å²) in [7, 11) is 0. The van der Waals surface area contributed by atoms with E-state index >= 15 is 0 Å². The van der Waals surface area contributed by atoms with Crippen LogP contribution in [0, 0.1) is 6.92 Å². The molecule has 23 heavy (non-hydrogen) atoms. The van der Waals surface area contributed by atoms with Crippen LogP contribution in [-0.2, 0) is 12.3 Å². The fraction of sp³-hybridized carbons (Fsp3) is 0.200. The van der Waals surface area contributed by atoms with E-state index in [9.17, 15) is 0 Å². The molecule has 2 aromatic heterocycles. The van der Waals surface area contributed by atoms with E-state index < -0.39 is 0 Å². The molecule has 0 N–H and O–H groups in total. The third-order valence-corrected chi connectivity index (χ3v) is 4.58. The van der Waals surface area contributed by atoms with Gasteiger partial charge in [0.05, 0.1) is 5.75 Å². The summed E-state index contributed by atoms with van der Waals surface area (Å²) in [5, 5.41) is 17.2. The topological polar surface area (TPSA) is 69.6 Å². The molecule has 0 spiro atoms. The molecule has 0 radical (unpaired) electrons. The van der Waals surface area contributed by atoms with Crippen molar-refractivity contribution in [2.75, 3.05) is 0 Å². The maximum absolute atomic E-state index is 5.70. The molecule has 2 heterocycles. The van der Waals surface area contributed by atoms with Gasteiger partial charge in [-0.25, -0.2) is 0 Å². The van der Waals surface area contributed by atoms with E-state index in [2.05, 4.69) is 42.9 Å². The molecule has 0 bridgehead atoms. The van der Waals surface area contributed by atoms with E-state index in [1.54, 1.807) is 0 Å². The average molecular weight is 392 g/mol. The first-order valence-corrected chi connectivity index (χ1v) is 8.67. The molecular weight excluding hydrogens is 378 g/mol. The van der Waals surface area contributed by atoms with E-state index in [0.717, 1.165) is 21.0 Å². The van der Waals surface area contributed by atoms with E-state index in [1.165, 1.54) is 11.8 Å². The van der Waals surface area contributed by atoms with Crippen molar-refractivity contribution >= 4 is 27.7 Å². The van der Waals surface area contributed by atoms with Crippen LogP contribution in [0.2, 0.25) is 0 Å². The van der Waals surface area contributed by atoms with E-state index in [1.807, 2.05) is 41.8 Å². The number of rotatable bonds is 6. The highest BCUT2D eigenvalue weighted by Crippen LogP contribution is 2.24. The Bertz CT molecular complexity index is 812.